The molecule has 16 heteroatoms. The summed E-state index contributed by atoms with van der Waals surface area (Å²) in [5.74, 6) is -3.53. The van der Waals surface area contributed by atoms with Gasteiger partial charge in [0.2, 0.25) is 4.91 Å². The number of anilines is 1. The van der Waals surface area contributed by atoms with Gasteiger partial charge in [-0.15, -0.1) is 0 Å². The summed E-state index contributed by atoms with van der Waals surface area (Å²) in [4.78, 5) is 26.2. The van der Waals surface area contributed by atoms with Crippen molar-refractivity contribution in [1.29, 1.82) is 5.53 Å². The number of carboxylic acids is 2. The Labute approximate surface area is 216 Å². The van der Waals surface area contributed by atoms with Crippen LogP contribution in [0.15, 0.2) is 56.9 Å². The number of rotatable bonds is 9. The van der Waals surface area contributed by atoms with Crippen LogP contribution in [-0.4, -0.2) is 49.8 Å². The zero-order valence-corrected chi connectivity index (χ0v) is 21.0. The van der Waals surface area contributed by atoms with Crippen LogP contribution in [0.1, 0.15) is 18.4 Å². The maximum atomic E-state index is 13.5. The van der Waals surface area contributed by atoms with Crippen LogP contribution in [-0.2, 0) is 25.8 Å². The van der Waals surface area contributed by atoms with Gasteiger partial charge < -0.3 is 14.9 Å². The third-order valence-electron chi connectivity index (χ3n) is 5.71. The summed E-state index contributed by atoms with van der Waals surface area (Å²) in [7, 11) is -4.65. The number of sulfonamides is 1. The number of ether oxygens (including phenoxy) is 1. The van der Waals surface area contributed by atoms with Gasteiger partial charge in [0.05, 0.1) is 22.7 Å². The van der Waals surface area contributed by atoms with Crippen LogP contribution >= 0.6 is 15.9 Å². The minimum absolute atomic E-state index is 0.0395. The van der Waals surface area contributed by atoms with E-state index >= 15 is 0 Å². The van der Waals surface area contributed by atoms with E-state index in [1.54, 1.807) is 0 Å². The molecule has 11 nitrogen and oxygen atoms in total. The second-order valence-corrected chi connectivity index (χ2v) is 10.8. The van der Waals surface area contributed by atoms with Gasteiger partial charge in [0.15, 0.2) is 5.41 Å². The Morgan fingerprint density at radius 1 is 1.19 bits per heavy atom. The maximum absolute atomic E-state index is 13.5. The topological polar surface area (TPSA) is 172 Å². The first kappa shape index (κ1) is 28.1. The first-order chi connectivity index (χ1) is 17.2. The lowest BCUT2D eigenvalue weighted by molar-refractivity contribution is -0.167. The average Bonchev–Trinajstić information content (AvgIpc) is 2.82. The fourth-order valence-corrected chi connectivity index (χ4v) is 5.73. The summed E-state index contributed by atoms with van der Waals surface area (Å²) in [6.45, 7) is -1.01. The molecule has 0 aliphatic carbocycles. The largest absolute Gasteiger partial charge is 0.486 e. The van der Waals surface area contributed by atoms with Crippen molar-refractivity contribution in [2.24, 2.45) is 10.5 Å². The molecule has 0 saturated carbocycles. The molecule has 0 saturated heterocycles. The number of alkyl halides is 3. The molecule has 0 radical (unpaired) electrons. The van der Waals surface area contributed by atoms with E-state index in [9.17, 15) is 41.4 Å². The number of halogens is 4. The summed E-state index contributed by atoms with van der Waals surface area (Å²) in [5, 5.41) is 22.8. The first-order valence-corrected chi connectivity index (χ1v) is 12.6. The third kappa shape index (κ3) is 5.76. The zero-order valence-electron chi connectivity index (χ0n) is 18.6. The van der Waals surface area contributed by atoms with E-state index in [1.807, 2.05) is 0 Å². The van der Waals surface area contributed by atoms with E-state index in [0.29, 0.717) is 16.6 Å². The van der Waals surface area contributed by atoms with Crippen molar-refractivity contribution in [2.75, 3.05) is 17.4 Å². The molecule has 1 aliphatic rings. The van der Waals surface area contributed by atoms with Gasteiger partial charge in [0.25, 0.3) is 10.0 Å². The summed E-state index contributed by atoms with van der Waals surface area (Å²) >= 11 is 3.20. The normalized spacial score (nSPS) is 15.8. The fourth-order valence-electron chi connectivity index (χ4n) is 3.84. The number of aliphatic carboxylic acids is 2. The van der Waals surface area contributed by atoms with E-state index in [0.717, 1.165) is 16.4 Å². The first-order valence-electron chi connectivity index (χ1n) is 10.4. The molecule has 1 atom stereocenters. The molecule has 198 valence electrons. The Hall–Kier alpha value is -3.49. The van der Waals surface area contributed by atoms with E-state index in [-0.39, 0.29) is 11.4 Å². The van der Waals surface area contributed by atoms with Crippen LogP contribution in [0.2, 0.25) is 0 Å². The van der Waals surface area contributed by atoms with E-state index in [2.05, 4.69) is 26.0 Å². The van der Waals surface area contributed by atoms with Gasteiger partial charge in [-0.05, 0) is 36.4 Å². The van der Waals surface area contributed by atoms with Crippen LogP contribution in [0.3, 0.4) is 0 Å². The molecule has 1 heterocycles. The lowest BCUT2D eigenvalue weighted by Crippen LogP contribution is -2.49. The van der Waals surface area contributed by atoms with Crippen molar-refractivity contribution < 1.29 is 46.1 Å². The highest BCUT2D eigenvalue weighted by molar-refractivity contribution is 9.10. The van der Waals surface area contributed by atoms with Crippen LogP contribution in [0.25, 0.3) is 0 Å². The van der Waals surface area contributed by atoms with Gasteiger partial charge in [-0.1, -0.05) is 22.0 Å². The molecule has 0 bridgehead atoms. The van der Waals surface area contributed by atoms with Gasteiger partial charge >= 0.3 is 18.1 Å². The van der Waals surface area contributed by atoms with Crippen molar-refractivity contribution in [3.63, 3.8) is 0 Å². The number of nitrogens with zero attached hydrogens (tertiary/aromatic N) is 3. The maximum Gasteiger partial charge on any atom is 0.416 e. The molecule has 0 aromatic heterocycles. The molecule has 0 fully saturated rings. The Balaban J connectivity index is 2.09. The van der Waals surface area contributed by atoms with Gasteiger partial charge in [-0.25, -0.2) is 8.42 Å². The van der Waals surface area contributed by atoms with Gasteiger partial charge in [-0.3, -0.25) is 13.9 Å². The van der Waals surface area contributed by atoms with Crippen molar-refractivity contribution in [3.8, 4) is 5.75 Å². The van der Waals surface area contributed by atoms with Crippen LogP contribution in [0.4, 0.5) is 18.9 Å². The van der Waals surface area contributed by atoms with E-state index in [1.165, 1.54) is 18.2 Å². The quantitative estimate of drug-likeness (QED) is 0.220. The highest BCUT2D eigenvalue weighted by atomic mass is 79.9. The van der Waals surface area contributed by atoms with Crippen molar-refractivity contribution in [2.45, 2.75) is 30.0 Å². The van der Waals surface area contributed by atoms with Gasteiger partial charge in [0, 0.05) is 17.3 Å². The number of hydrogen-bond acceptors (Lipinski definition) is 7. The smallest absolute Gasteiger partial charge is 0.416 e. The number of nitrogens with one attached hydrogen (secondary N) is 1. The Kier molecular flexibility index (Phi) is 7.95. The minimum atomic E-state index is -4.81. The van der Waals surface area contributed by atoms with Crippen LogP contribution < -0.4 is 14.0 Å². The van der Waals surface area contributed by atoms with Crippen molar-refractivity contribution in [3.05, 3.63) is 52.5 Å². The molecule has 0 amide bonds. The summed E-state index contributed by atoms with van der Waals surface area (Å²) in [5.41, 5.74) is 3.00. The number of hydrogen-bond donors (Lipinski definition) is 3. The zero-order chi connectivity index (χ0) is 27.6. The molecule has 1 unspecified atom stereocenters. The molecule has 2 aromatic carbocycles. The predicted molar refractivity (Wildman–Crippen MR) is 124 cm³/mol. The van der Waals surface area contributed by atoms with E-state index < -0.39 is 76.0 Å². The summed E-state index contributed by atoms with van der Waals surface area (Å²) in [6, 6.07) is 7.32. The Morgan fingerprint density at radius 3 is 2.46 bits per heavy atom. The number of carboxylic acid groups (broad SMARTS) is 2. The van der Waals surface area contributed by atoms with Crippen LogP contribution in [0, 0.1) is 10.9 Å². The molecular weight excluding hydrogens is 589 g/mol. The molecule has 2 aromatic rings. The monoisotopic (exact) mass is 607 g/mol. The highest BCUT2D eigenvalue weighted by Crippen LogP contribution is 2.42. The summed E-state index contributed by atoms with van der Waals surface area (Å²) < 4.78 is 73.8. The van der Waals surface area contributed by atoms with Crippen molar-refractivity contribution >= 4 is 43.6 Å². The van der Waals surface area contributed by atoms with Gasteiger partial charge in [-0.2, -0.15) is 13.2 Å². The molecule has 37 heavy (non-hydrogen) atoms. The highest BCUT2D eigenvalue weighted by Gasteiger charge is 2.50. The molecule has 0 spiro atoms. The fraction of sp³-hybridized carbons (Fsp3) is 0.333. The molecule has 3 rings (SSSR count). The number of benzene rings is 2. The Morgan fingerprint density at radius 2 is 1.86 bits per heavy atom. The minimum Gasteiger partial charge on any atom is -0.486 e. The van der Waals surface area contributed by atoms with E-state index in [4.69, 9.17) is 10.3 Å². The standard InChI is InChI=1S/C21H18BrF3N4O7S/c22-13-4-5-17-16(9-13)29(37(34,35)15-3-1-2-12(8-15)21(23,24)25)11-14(36-17)10-20(18(30)31,19(32)33)6-7-27-28-26/h1-5,8-9,14,26H,6-7,10-11H2,(H-,30,31,32,33)/p+1. The second kappa shape index (κ2) is 10.5. The SMILES string of the molecule is N=[N+]=NCCC(CC1CN(S(=O)(=O)c2cccc(C(F)(F)F)c2)c2cc(Br)ccc2O1)(C(=O)O)C(=O)O. The third-order valence-corrected chi connectivity index (χ3v) is 7.98. The molecule has 3 N–H and O–H groups in total. The predicted octanol–water partition coefficient (Wildman–Crippen LogP) is 3.91. The van der Waals surface area contributed by atoms with Crippen LogP contribution in [0.5, 0.6) is 5.75 Å². The average molecular weight is 608 g/mol. The molecular formula is C21H19BrF3N4O7S+. The van der Waals surface area contributed by atoms with Gasteiger partial charge in [0.1, 0.15) is 29.0 Å². The summed E-state index contributed by atoms with van der Waals surface area (Å²) in [6.07, 6.45) is -7.42. The lowest BCUT2D eigenvalue weighted by Gasteiger charge is -2.38. The molecule has 1 aliphatic heterocycles. The second-order valence-electron chi connectivity index (χ2n) is 8.03. The van der Waals surface area contributed by atoms with Crippen molar-refractivity contribution in [1.82, 2.24) is 4.91 Å². The Bertz CT molecular complexity index is 1370. The lowest BCUT2D eigenvalue weighted by atomic mass is 9.79. The number of carbonyl (C=O) groups is 2. The number of fused-ring (bicyclic) bond motifs is 1.